The summed E-state index contributed by atoms with van der Waals surface area (Å²) in [5.41, 5.74) is -1.32. The minimum atomic E-state index is -4.42. The number of urea groups is 1. The Balaban J connectivity index is 1.37. The standard InChI is InChI=1S/C21H21ClF3N5O2/c1-20(14-2-5-16(22)6-3-14)18(31)30(19(32)27-20)13-28-8-10-29(11-9-28)17-7-4-15(12-26-17)21(23,24)25/h2-7,12H,8-11,13H2,1H3,(H,27,32)/t20-/m1/s1. The summed E-state index contributed by atoms with van der Waals surface area (Å²) in [5, 5.41) is 3.30. The predicted octanol–water partition coefficient (Wildman–Crippen LogP) is 3.30. The van der Waals surface area contributed by atoms with Gasteiger partial charge in [-0.05, 0) is 36.8 Å². The minimum Gasteiger partial charge on any atom is -0.354 e. The molecule has 7 nitrogen and oxygen atoms in total. The Bertz CT molecular complexity index is 1010. The Hall–Kier alpha value is -2.85. The lowest BCUT2D eigenvalue weighted by molar-refractivity contribution is -0.137. The van der Waals surface area contributed by atoms with Crippen LogP contribution in [0.15, 0.2) is 42.6 Å². The fourth-order valence-corrected chi connectivity index (χ4v) is 3.99. The molecule has 2 aliphatic heterocycles. The van der Waals surface area contributed by atoms with E-state index < -0.39 is 23.3 Å². The van der Waals surface area contributed by atoms with E-state index in [2.05, 4.69) is 10.3 Å². The highest BCUT2D eigenvalue weighted by atomic mass is 35.5. The molecule has 1 atom stereocenters. The van der Waals surface area contributed by atoms with E-state index >= 15 is 0 Å². The molecule has 1 aromatic carbocycles. The number of rotatable bonds is 4. The second-order valence-corrected chi connectivity index (χ2v) is 8.38. The quantitative estimate of drug-likeness (QED) is 0.699. The van der Waals surface area contributed by atoms with Gasteiger partial charge in [-0.1, -0.05) is 23.7 Å². The molecule has 32 heavy (non-hydrogen) atoms. The maximum absolute atomic E-state index is 13.1. The second kappa shape index (κ2) is 8.25. The molecule has 1 N–H and O–H groups in total. The van der Waals surface area contributed by atoms with E-state index in [1.807, 2.05) is 9.80 Å². The van der Waals surface area contributed by atoms with Crippen molar-refractivity contribution in [2.75, 3.05) is 37.7 Å². The molecule has 11 heteroatoms. The molecule has 2 saturated heterocycles. The number of hydrogen-bond acceptors (Lipinski definition) is 5. The van der Waals surface area contributed by atoms with E-state index in [0.29, 0.717) is 42.6 Å². The minimum absolute atomic E-state index is 0.127. The SMILES string of the molecule is C[C@]1(c2ccc(Cl)cc2)NC(=O)N(CN2CCN(c3ccc(C(F)(F)F)cn3)CC2)C1=O. The lowest BCUT2D eigenvalue weighted by Gasteiger charge is -2.36. The van der Waals surface area contributed by atoms with Crippen LogP contribution in [0.2, 0.25) is 5.02 Å². The van der Waals surface area contributed by atoms with Crippen molar-refractivity contribution in [2.45, 2.75) is 18.6 Å². The number of carbonyl (C=O) groups is 2. The maximum Gasteiger partial charge on any atom is 0.417 e. The average molecular weight is 468 g/mol. The van der Waals surface area contributed by atoms with Gasteiger partial charge in [0.2, 0.25) is 0 Å². The van der Waals surface area contributed by atoms with E-state index in [4.69, 9.17) is 11.6 Å². The number of carbonyl (C=O) groups excluding carboxylic acids is 2. The van der Waals surface area contributed by atoms with Crippen molar-refractivity contribution < 1.29 is 22.8 Å². The second-order valence-electron chi connectivity index (χ2n) is 7.94. The number of anilines is 1. The number of halogens is 4. The Kier molecular flexibility index (Phi) is 5.76. The number of pyridine rings is 1. The number of nitrogens with zero attached hydrogens (tertiary/aromatic N) is 4. The maximum atomic E-state index is 13.1. The van der Waals surface area contributed by atoms with Crippen LogP contribution in [-0.4, -0.2) is 59.6 Å². The molecule has 0 bridgehead atoms. The summed E-state index contributed by atoms with van der Waals surface area (Å²) in [6, 6.07) is 8.64. The summed E-state index contributed by atoms with van der Waals surface area (Å²) in [4.78, 5) is 34.5. The van der Waals surface area contributed by atoms with Crippen molar-refractivity contribution in [3.63, 3.8) is 0 Å². The summed E-state index contributed by atoms with van der Waals surface area (Å²) < 4.78 is 38.2. The van der Waals surface area contributed by atoms with Crippen LogP contribution in [0.3, 0.4) is 0 Å². The lowest BCUT2D eigenvalue weighted by atomic mass is 9.92. The first-order chi connectivity index (χ1) is 15.1. The number of hydrogen-bond donors (Lipinski definition) is 1. The van der Waals surface area contributed by atoms with Crippen LogP contribution in [-0.2, 0) is 16.5 Å². The molecule has 2 aliphatic rings. The number of imide groups is 1. The van der Waals surface area contributed by atoms with Gasteiger partial charge in [-0.25, -0.2) is 14.7 Å². The molecule has 170 valence electrons. The van der Waals surface area contributed by atoms with Crippen LogP contribution in [0.5, 0.6) is 0 Å². The molecule has 0 aliphatic carbocycles. The monoisotopic (exact) mass is 467 g/mol. The van der Waals surface area contributed by atoms with Gasteiger partial charge >= 0.3 is 12.2 Å². The molecule has 0 saturated carbocycles. The van der Waals surface area contributed by atoms with Gasteiger partial charge in [0.15, 0.2) is 0 Å². The predicted molar refractivity (Wildman–Crippen MR) is 112 cm³/mol. The van der Waals surface area contributed by atoms with Crippen LogP contribution in [0.25, 0.3) is 0 Å². The number of benzene rings is 1. The number of aromatic nitrogens is 1. The van der Waals surface area contributed by atoms with Crippen LogP contribution < -0.4 is 10.2 Å². The summed E-state index contributed by atoms with van der Waals surface area (Å²) in [6.45, 7) is 3.86. The number of nitrogens with one attached hydrogen (secondary N) is 1. The van der Waals surface area contributed by atoms with Crippen LogP contribution in [0.4, 0.5) is 23.8 Å². The Labute approximate surface area is 187 Å². The normalized spacial score (nSPS) is 22.4. The zero-order valence-electron chi connectivity index (χ0n) is 17.2. The molecule has 3 amide bonds. The van der Waals surface area contributed by atoms with Crippen LogP contribution in [0, 0.1) is 0 Å². The zero-order valence-corrected chi connectivity index (χ0v) is 18.0. The lowest BCUT2D eigenvalue weighted by Crippen LogP contribution is -2.51. The van der Waals surface area contributed by atoms with Gasteiger partial charge < -0.3 is 10.2 Å². The first-order valence-corrected chi connectivity index (χ1v) is 10.4. The smallest absolute Gasteiger partial charge is 0.354 e. The summed E-state index contributed by atoms with van der Waals surface area (Å²) in [6.07, 6.45) is -3.60. The first-order valence-electron chi connectivity index (χ1n) is 9.98. The molecule has 2 fully saturated rings. The molecule has 2 aromatic rings. The number of alkyl halides is 3. The highest BCUT2D eigenvalue weighted by Crippen LogP contribution is 2.31. The highest BCUT2D eigenvalue weighted by molar-refractivity contribution is 6.30. The fourth-order valence-electron chi connectivity index (χ4n) is 3.86. The van der Waals surface area contributed by atoms with E-state index in [-0.39, 0.29) is 12.6 Å². The van der Waals surface area contributed by atoms with Crippen LogP contribution in [0.1, 0.15) is 18.1 Å². The summed E-state index contributed by atoms with van der Waals surface area (Å²) in [5.74, 6) is 0.111. The van der Waals surface area contributed by atoms with Gasteiger partial charge in [0, 0.05) is 37.4 Å². The van der Waals surface area contributed by atoms with Crippen molar-refractivity contribution in [3.8, 4) is 0 Å². The van der Waals surface area contributed by atoms with Gasteiger partial charge in [-0.15, -0.1) is 0 Å². The molecular weight excluding hydrogens is 447 g/mol. The van der Waals surface area contributed by atoms with Gasteiger partial charge in [0.1, 0.15) is 11.4 Å². The van der Waals surface area contributed by atoms with E-state index in [0.717, 1.165) is 12.3 Å². The summed E-state index contributed by atoms with van der Waals surface area (Å²) >= 11 is 5.92. The third-order valence-corrected chi connectivity index (χ3v) is 6.06. The average Bonchev–Trinajstić information content (AvgIpc) is 2.98. The molecule has 0 unspecified atom stereocenters. The number of piperazine rings is 1. The molecule has 0 spiro atoms. The largest absolute Gasteiger partial charge is 0.417 e. The molecule has 3 heterocycles. The fraction of sp³-hybridized carbons (Fsp3) is 0.381. The highest BCUT2D eigenvalue weighted by Gasteiger charge is 2.49. The first kappa shape index (κ1) is 22.3. The third kappa shape index (κ3) is 4.24. The van der Waals surface area contributed by atoms with E-state index in [1.54, 1.807) is 31.2 Å². The van der Waals surface area contributed by atoms with Crippen molar-refractivity contribution in [3.05, 3.63) is 58.7 Å². The topological polar surface area (TPSA) is 68.8 Å². The van der Waals surface area contributed by atoms with E-state index in [9.17, 15) is 22.8 Å². The van der Waals surface area contributed by atoms with Gasteiger partial charge in [-0.3, -0.25) is 9.69 Å². The molecule has 1 aromatic heterocycles. The number of amides is 3. The Morgan fingerprint density at radius 3 is 2.28 bits per heavy atom. The Morgan fingerprint density at radius 2 is 1.72 bits per heavy atom. The van der Waals surface area contributed by atoms with E-state index in [1.165, 1.54) is 11.0 Å². The van der Waals surface area contributed by atoms with Crippen molar-refractivity contribution >= 4 is 29.4 Å². The van der Waals surface area contributed by atoms with Crippen molar-refractivity contribution in [1.29, 1.82) is 0 Å². The van der Waals surface area contributed by atoms with Crippen molar-refractivity contribution in [1.82, 2.24) is 20.1 Å². The summed E-state index contributed by atoms with van der Waals surface area (Å²) in [7, 11) is 0. The van der Waals surface area contributed by atoms with Crippen molar-refractivity contribution in [2.24, 2.45) is 0 Å². The van der Waals surface area contributed by atoms with Gasteiger partial charge in [0.25, 0.3) is 5.91 Å². The van der Waals surface area contributed by atoms with Gasteiger partial charge in [0.05, 0.1) is 12.2 Å². The molecular formula is C21H21ClF3N5O2. The zero-order chi connectivity index (χ0) is 23.1. The van der Waals surface area contributed by atoms with Crippen LogP contribution >= 0.6 is 11.6 Å². The molecule has 0 radical (unpaired) electrons. The molecule has 4 rings (SSSR count). The van der Waals surface area contributed by atoms with Gasteiger partial charge in [-0.2, -0.15) is 13.2 Å². The Morgan fingerprint density at radius 1 is 1.06 bits per heavy atom. The third-order valence-electron chi connectivity index (χ3n) is 5.81.